The summed E-state index contributed by atoms with van der Waals surface area (Å²) >= 11 is 0. The number of benzene rings is 1. The van der Waals surface area contributed by atoms with Crippen LogP contribution in [-0.4, -0.2) is 31.6 Å². The van der Waals surface area contributed by atoms with E-state index < -0.39 is 12.0 Å². The summed E-state index contributed by atoms with van der Waals surface area (Å²) in [4.78, 5) is 16.3. The number of hydrogen-bond donors (Lipinski definition) is 1. The SMILES string of the molecule is C=C(OC)c1ccc2c(c1)nc(C(F)(F)F)n2-c1cnc(NCc2ccncc2C)cn1. The lowest BCUT2D eigenvalue weighted by atomic mass is 10.1. The molecule has 0 saturated carbocycles. The van der Waals surface area contributed by atoms with Crippen molar-refractivity contribution in [3.63, 3.8) is 0 Å². The fraction of sp³-hybridized carbons (Fsp3) is 0.182. The number of methoxy groups -OCH3 is 1. The minimum absolute atomic E-state index is 0.00350. The molecule has 0 atom stereocenters. The van der Waals surface area contributed by atoms with Gasteiger partial charge >= 0.3 is 6.18 Å². The fourth-order valence-electron chi connectivity index (χ4n) is 3.21. The summed E-state index contributed by atoms with van der Waals surface area (Å²) in [6, 6.07) is 6.52. The van der Waals surface area contributed by atoms with Crippen LogP contribution >= 0.6 is 0 Å². The van der Waals surface area contributed by atoms with Crippen LogP contribution in [0.4, 0.5) is 19.0 Å². The topological polar surface area (TPSA) is 77.8 Å². The highest BCUT2D eigenvalue weighted by Gasteiger charge is 2.38. The second-order valence-electron chi connectivity index (χ2n) is 7.01. The molecule has 164 valence electrons. The molecule has 3 aromatic heterocycles. The number of aryl methyl sites for hydroxylation is 1. The Bertz CT molecular complexity index is 1280. The molecule has 0 radical (unpaired) electrons. The first kappa shape index (κ1) is 21.3. The molecule has 4 rings (SSSR count). The van der Waals surface area contributed by atoms with Crippen molar-refractivity contribution in [2.45, 2.75) is 19.6 Å². The molecule has 0 aliphatic carbocycles. The van der Waals surface area contributed by atoms with Gasteiger partial charge in [-0.1, -0.05) is 6.58 Å². The maximum atomic E-state index is 13.7. The van der Waals surface area contributed by atoms with E-state index >= 15 is 0 Å². The van der Waals surface area contributed by atoms with Crippen molar-refractivity contribution >= 4 is 22.6 Å². The smallest absolute Gasteiger partial charge is 0.450 e. The monoisotopic (exact) mass is 440 g/mol. The third-order valence-electron chi connectivity index (χ3n) is 4.94. The van der Waals surface area contributed by atoms with Gasteiger partial charge < -0.3 is 10.1 Å². The lowest BCUT2D eigenvalue weighted by molar-refractivity contribution is -0.145. The van der Waals surface area contributed by atoms with Gasteiger partial charge in [0.15, 0.2) is 5.82 Å². The molecular weight excluding hydrogens is 421 g/mol. The lowest BCUT2D eigenvalue weighted by Gasteiger charge is -2.12. The molecule has 7 nitrogen and oxygen atoms in total. The van der Waals surface area contributed by atoms with Gasteiger partial charge in [-0.25, -0.2) is 15.0 Å². The number of hydrogen-bond acceptors (Lipinski definition) is 6. The summed E-state index contributed by atoms with van der Waals surface area (Å²) in [6.45, 7) is 6.15. The van der Waals surface area contributed by atoms with Crippen molar-refractivity contribution < 1.29 is 17.9 Å². The zero-order chi connectivity index (χ0) is 22.9. The van der Waals surface area contributed by atoms with Crippen molar-refractivity contribution in [2.24, 2.45) is 0 Å². The minimum atomic E-state index is -4.69. The van der Waals surface area contributed by atoms with E-state index in [1.54, 1.807) is 18.5 Å². The number of fused-ring (bicyclic) bond motifs is 1. The Morgan fingerprint density at radius 2 is 1.97 bits per heavy atom. The molecule has 0 unspecified atom stereocenters. The van der Waals surface area contributed by atoms with E-state index in [0.717, 1.165) is 15.7 Å². The highest BCUT2D eigenvalue weighted by molar-refractivity contribution is 5.81. The number of nitrogens with one attached hydrogen (secondary N) is 1. The molecule has 10 heteroatoms. The Balaban J connectivity index is 1.69. The van der Waals surface area contributed by atoms with Crippen molar-refractivity contribution in [3.05, 3.63) is 78.1 Å². The van der Waals surface area contributed by atoms with Crippen LogP contribution in [0.3, 0.4) is 0 Å². The first-order valence-corrected chi connectivity index (χ1v) is 9.56. The minimum Gasteiger partial charge on any atom is -0.497 e. The van der Waals surface area contributed by atoms with Gasteiger partial charge in [0.05, 0.1) is 30.5 Å². The van der Waals surface area contributed by atoms with Gasteiger partial charge in [0.1, 0.15) is 11.6 Å². The molecule has 0 amide bonds. The molecule has 1 aromatic carbocycles. The highest BCUT2D eigenvalue weighted by atomic mass is 19.4. The van der Waals surface area contributed by atoms with E-state index in [1.807, 2.05) is 13.0 Å². The number of halogens is 3. The van der Waals surface area contributed by atoms with Crippen molar-refractivity contribution in [1.82, 2.24) is 24.5 Å². The summed E-state index contributed by atoms with van der Waals surface area (Å²) in [6.07, 6.45) is 1.42. The van der Waals surface area contributed by atoms with Crippen LogP contribution in [-0.2, 0) is 17.5 Å². The maximum Gasteiger partial charge on any atom is 0.450 e. The van der Waals surface area contributed by atoms with Crippen LogP contribution in [0.15, 0.2) is 55.6 Å². The molecule has 0 saturated heterocycles. The third-order valence-corrected chi connectivity index (χ3v) is 4.94. The van der Waals surface area contributed by atoms with Crippen LogP contribution in [0.2, 0.25) is 0 Å². The Kier molecular flexibility index (Phi) is 5.52. The number of aromatic nitrogens is 5. The first-order valence-electron chi connectivity index (χ1n) is 9.56. The number of rotatable bonds is 6. The standard InChI is InChI=1S/C22H19F3N6O/c1-13-9-26-7-6-16(13)10-27-19-11-29-20(12-28-19)31-18-5-4-15(14(2)32-3)8-17(18)30-21(31)22(23,24)25/h4-9,11-12H,2,10H2,1,3H3,(H,27,28). The van der Waals surface area contributed by atoms with Gasteiger partial charge in [0, 0.05) is 24.5 Å². The van der Waals surface area contributed by atoms with E-state index in [-0.39, 0.29) is 16.9 Å². The number of alkyl halides is 3. The highest BCUT2D eigenvalue weighted by Crippen LogP contribution is 2.34. The number of nitrogens with zero attached hydrogens (tertiary/aromatic N) is 5. The van der Waals surface area contributed by atoms with Crippen LogP contribution in [0.5, 0.6) is 0 Å². The second kappa shape index (κ2) is 8.29. The molecule has 0 aliphatic heterocycles. The predicted molar refractivity (Wildman–Crippen MR) is 114 cm³/mol. The Morgan fingerprint density at radius 1 is 1.16 bits per heavy atom. The van der Waals surface area contributed by atoms with Gasteiger partial charge in [-0.2, -0.15) is 13.2 Å². The molecule has 1 N–H and O–H groups in total. The van der Waals surface area contributed by atoms with E-state index in [4.69, 9.17) is 4.74 Å². The van der Waals surface area contributed by atoms with Gasteiger partial charge in [-0.3, -0.25) is 9.55 Å². The summed E-state index contributed by atoms with van der Waals surface area (Å²) in [5.74, 6) is -0.324. The second-order valence-corrected chi connectivity index (χ2v) is 7.01. The normalized spacial score (nSPS) is 11.5. The van der Waals surface area contributed by atoms with Crippen LogP contribution in [0.25, 0.3) is 22.6 Å². The summed E-state index contributed by atoms with van der Waals surface area (Å²) in [7, 11) is 1.44. The van der Waals surface area contributed by atoms with Crippen LogP contribution < -0.4 is 5.32 Å². The lowest BCUT2D eigenvalue weighted by Crippen LogP contribution is -2.15. The van der Waals surface area contributed by atoms with Gasteiger partial charge in [0.25, 0.3) is 0 Å². The first-order chi connectivity index (χ1) is 15.3. The van der Waals surface area contributed by atoms with Gasteiger partial charge in [0.2, 0.25) is 5.82 Å². The van der Waals surface area contributed by atoms with Crippen LogP contribution in [0.1, 0.15) is 22.5 Å². The molecule has 32 heavy (non-hydrogen) atoms. The molecule has 0 aliphatic rings. The van der Waals surface area contributed by atoms with Gasteiger partial charge in [-0.05, 0) is 42.3 Å². The third kappa shape index (κ3) is 4.11. The molecule has 3 heterocycles. The average Bonchev–Trinajstić information content (AvgIpc) is 3.18. The molecule has 0 fully saturated rings. The molecule has 4 aromatic rings. The fourth-order valence-corrected chi connectivity index (χ4v) is 3.21. The number of pyridine rings is 1. The molecular formula is C22H19F3N6O. The predicted octanol–water partition coefficient (Wildman–Crippen LogP) is 4.77. The zero-order valence-electron chi connectivity index (χ0n) is 17.3. The number of ether oxygens (including phenoxy) is 1. The quantitative estimate of drug-likeness (QED) is 0.436. The van der Waals surface area contributed by atoms with E-state index in [2.05, 4.69) is 31.8 Å². The molecule has 0 bridgehead atoms. The number of anilines is 1. The van der Waals surface area contributed by atoms with E-state index in [0.29, 0.717) is 23.7 Å². The Hall–Kier alpha value is -3.95. The van der Waals surface area contributed by atoms with Crippen molar-refractivity contribution in [3.8, 4) is 5.82 Å². The van der Waals surface area contributed by atoms with E-state index in [9.17, 15) is 13.2 Å². The summed E-state index contributed by atoms with van der Waals surface area (Å²) < 4.78 is 47.2. The largest absolute Gasteiger partial charge is 0.497 e. The Morgan fingerprint density at radius 3 is 2.62 bits per heavy atom. The van der Waals surface area contributed by atoms with Gasteiger partial charge in [-0.15, -0.1) is 0 Å². The zero-order valence-corrected chi connectivity index (χ0v) is 17.3. The average molecular weight is 440 g/mol. The number of imidazole rings is 1. The van der Waals surface area contributed by atoms with Crippen molar-refractivity contribution in [1.29, 1.82) is 0 Å². The maximum absolute atomic E-state index is 13.7. The summed E-state index contributed by atoms with van der Waals surface area (Å²) in [5.41, 5.74) is 2.96. The molecule has 0 spiro atoms. The Labute approximate surface area is 181 Å². The summed E-state index contributed by atoms with van der Waals surface area (Å²) in [5, 5.41) is 3.11. The van der Waals surface area contributed by atoms with E-state index in [1.165, 1.54) is 31.6 Å². The van der Waals surface area contributed by atoms with Crippen molar-refractivity contribution in [2.75, 3.05) is 12.4 Å². The van der Waals surface area contributed by atoms with Crippen LogP contribution in [0, 0.1) is 6.92 Å².